The van der Waals surface area contributed by atoms with Crippen LogP contribution in [-0.2, 0) is 14.3 Å². The van der Waals surface area contributed by atoms with E-state index in [9.17, 15) is 4.79 Å². The molecule has 3 rings (SSSR count). The van der Waals surface area contributed by atoms with Crippen LogP contribution in [0, 0.1) is 0 Å². The SMILES string of the molecule is COC1CCN([C@H]2CCC[C@H]2N(C)C(=O)COC2CCCC2)C1. The Kier molecular flexibility index (Phi) is 5.94. The maximum absolute atomic E-state index is 12.5. The van der Waals surface area contributed by atoms with Gasteiger partial charge in [0.15, 0.2) is 0 Å². The van der Waals surface area contributed by atoms with E-state index in [-0.39, 0.29) is 12.5 Å². The summed E-state index contributed by atoms with van der Waals surface area (Å²) in [4.78, 5) is 17.0. The minimum absolute atomic E-state index is 0.149. The van der Waals surface area contributed by atoms with Crippen LogP contribution in [0.15, 0.2) is 0 Å². The summed E-state index contributed by atoms with van der Waals surface area (Å²) in [6, 6.07) is 0.834. The van der Waals surface area contributed by atoms with Crippen LogP contribution in [0.4, 0.5) is 0 Å². The lowest BCUT2D eigenvalue weighted by atomic mass is 10.1. The van der Waals surface area contributed by atoms with Crippen LogP contribution in [0.5, 0.6) is 0 Å². The molecule has 23 heavy (non-hydrogen) atoms. The fourth-order valence-electron chi connectivity index (χ4n) is 4.58. The number of methoxy groups -OCH3 is 1. The first-order valence-corrected chi connectivity index (χ1v) is 9.33. The van der Waals surface area contributed by atoms with E-state index in [4.69, 9.17) is 9.47 Å². The number of likely N-dealkylation sites (tertiary alicyclic amines) is 1. The molecule has 3 fully saturated rings. The van der Waals surface area contributed by atoms with Gasteiger partial charge in [0.25, 0.3) is 0 Å². The molecule has 0 radical (unpaired) electrons. The predicted octanol–water partition coefficient (Wildman–Crippen LogP) is 2.05. The Hall–Kier alpha value is -0.650. The van der Waals surface area contributed by atoms with Gasteiger partial charge in [0.1, 0.15) is 6.61 Å². The molecule has 3 atom stereocenters. The molecule has 0 aromatic heterocycles. The van der Waals surface area contributed by atoms with Crippen LogP contribution < -0.4 is 0 Å². The maximum Gasteiger partial charge on any atom is 0.248 e. The average molecular weight is 324 g/mol. The van der Waals surface area contributed by atoms with E-state index in [1.54, 1.807) is 7.11 Å². The lowest BCUT2D eigenvalue weighted by Gasteiger charge is -2.35. The molecule has 5 nitrogen and oxygen atoms in total. The van der Waals surface area contributed by atoms with Crippen molar-refractivity contribution in [3.8, 4) is 0 Å². The Labute approximate surface area is 140 Å². The summed E-state index contributed by atoms with van der Waals surface area (Å²) in [6.07, 6.45) is 10.0. The topological polar surface area (TPSA) is 42.0 Å². The quantitative estimate of drug-likeness (QED) is 0.750. The zero-order valence-electron chi connectivity index (χ0n) is 14.7. The fraction of sp³-hybridized carbons (Fsp3) is 0.944. The fourth-order valence-corrected chi connectivity index (χ4v) is 4.58. The lowest BCUT2D eigenvalue weighted by molar-refractivity contribution is -0.139. The van der Waals surface area contributed by atoms with Gasteiger partial charge in [-0.25, -0.2) is 0 Å². The molecule has 0 N–H and O–H groups in total. The Bertz CT molecular complexity index is 398. The van der Waals surface area contributed by atoms with Crippen LogP contribution >= 0.6 is 0 Å². The second-order valence-electron chi connectivity index (χ2n) is 7.43. The minimum atomic E-state index is 0.149. The van der Waals surface area contributed by atoms with Crippen LogP contribution in [-0.4, -0.2) is 73.9 Å². The molecule has 132 valence electrons. The molecule has 1 amide bonds. The minimum Gasteiger partial charge on any atom is -0.380 e. The van der Waals surface area contributed by atoms with Crippen molar-refractivity contribution in [2.24, 2.45) is 0 Å². The number of hydrogen-bond donors (Lipinski definition) is 0. The molecule has 1 heterocycles. The van der Waals surface area contributed by atoms with E-state index in [0.717, 1.165) is 38.8 Å². The van der Waals surface area contributed by atoms with Crippen molar-refractivity contribution in [1.29, 1.82) is 0 Å². The molecule has 0 bridgehead atoms. The number of carbonyl (C=O) groups is 1. The van der Waals surface area contributed by atoms with Crippen molar-refractivity contribution in [3.63, 3.8) is 0 Å². The first-order chi connectivity index (χ1) is 11.2. The molecule has 2 aliphatic carbocycles. The lowest BCUT2D eigenvalue weighted by Crippen LogP contribution is -2.50. The third kappa shape index (κ3) is 4.06. The van der Waals surface area contributed by atoms with Gasteiger partial charge in [0, 0.05) is 39.3 Å². The van der Waals surface area contributed by atoms with Gasteiger partial charge in [-0.15, -0.1) is 0 Å². The number of amides is 1. The molecular weight excluding hydrogens is 292 g/mol. The van der Waals surface area contributed by atoms with Crippen molar-refractivity contribution in [2.75, 3.05) is 33.9 Å². The van der Waals surface area contributed by atoms with Crippen molar-refractivity contribution in [2.45, 2.75) is 75.7 Å². The maximum atomic E-state index is 12.5. The van der Waals surface area contributed by atoms with Gasteiger partial charge in [0.05, 0.1) is 12.2 Å². The first kappa shape index (κ1) is 17.2. The highest BCUT2D eigenvalue weighted by molar-refractivity contribution is 5.77. The molecule has 2 saturated carbocycles. The number of carbonyl (C=O) groups excluding carboxylic acids is 1. The molecule has 0 aromatic rings. The summed E-state index contributed by atoms with van der Waals surface area (Å²) in [6.45, 7) is 2.36. The molecule has 0 spiro atoms. The smallest absolute Gasteiger partial charge is 0.248 e. The van der Waals surface area contributed by atoms with Crippen LogP contribution in [0.3, 0.4) is 0 Å². The van der Waals surface area contributed by atoms with Crippen molar-refractivity contribution < 1.29 is 14.3 Å². The molecule has 1 unspecified atom stereocenters. The zero-order valence-corrected chi connectivity index (χ0v) is 14.7. The average Bonchev–Trinajstić information content (AvgIpc) is 3.32. The highest BCUT2D eigenvalue weighted by atomic mass is 16.5. The molecule has 1 aliphatic heterocycles. The third-order valence-corrected chi connectivity index (χ3v) is 6.06. The van der Waals surface area contributed by atoms with Crippen LogP contribution in [0.1, 0.15) is 51.4 Å². The normalized spacial score (nSPS) is 32.7. The second kappa shape index (κ2) is 7.95. The molecule has 0 aromatic carbocycles. The molecule has 5 heteroatoms. The number of hydrogen-bond acceptors (Lipinski definition) is 4. The van der Waals surface area contributed by atoms with Crippen LogP contribution in [0.2, 0.25) is 0 Å². The summed E-state index contributed by atoms with van der Waals surface area (Å²) >= 11 is 0. The monoisotopic (exact) mass is 324 g/mol. The van der Waals surface area contributed by atoms with Gasteiger partial charge in [0.2, 0.25) is 5.91 Å². The first-order valence-electron chi connectivity index (χ1n) is 9.33. The Morgan fingerprint density at radius 1 is 1.09 bits per heavy atom. The summed E-state index contributed by atoms with van der Waals surface area (Å²) in [7, 11) is 3.77. The van der Waals surface area contributed by atoms with Gasteiger partial charge >= 0.3 is 0 Å². The Morgan fingerprint density at radius 3 is 2.57 bits per heavy atom. The van der Waals surface area contributed by atoms with E-state index >= 15 is 0 Å². The second-order valence-corrected chi connectivity index (χ2v) is 7.43. The van der Waals surface area contributed by atoms with Gasteiger partial charge in [-0.3, -0.25) is 9.69 Å². The predicted molar refractivity (Wildman–Crippen MR) is 89.4 cm³/mol. The summed E-state index contributed by atoms with van der Waals surface area (Å²) in [5.41, 5.74) is 0. The van der Waals surface area contributed by atoms with E-state index < -0.39 is 0 Å². The van der Waals surface area contributed by atoms with Gasteiger partial charge in [-0.2, -0.15) is 0 Å². The van der Waals surface area contributed by atoms with E-state index in [1.807, 2.05) is 11.9 Å². The van der Waals surface area contributed by atoms with E-state index in [1.165, 1.54) is 25.7 Å². The molecule has 3 aliphatic rings. The summed E-state index contributed by atoms with van der Waals surface area (Å²) in [5, 5.41) is 0. The largest absolute Gasteiger partial charge is 0.380 e. The van der Waals surface area contributed by atoms with Crippen LogP contribution in [0.25, 0.3) is 0 Å². The van der Waals surface area contributed by atoms with Crippen molar-refractivity contribution in [3.05, 3.63) is 0 Å². The number of nitrogens with zero attached hydrogens (tertiary/aromatic N) is 2. The Balaban J connectivity index is 1.50. The van der Waals surface area contributed by atoms with Gasteiger partial charge < -0.3 is 14.4 Å². The van der Waals surface area contributed by atoms with E-state index in [2.05, 4.69) is 4.90 Å². The number of rotatable bonds is 6. The van der Waals surface area contributed by atoms with Crippen molar-refractivity contribution >= 4 is 5.91 Å². The highest BCUT2D eigenvalue weighted by Gasteiger charge is 2.39. The molecule has 1 saturated heterocycles. The van der Waals surface area contributed by atoms with Gasteiger partial charge in [-0.1, -0.05) is 12.8 Å². The summed E-state index contributed by atoms with van der Waals surface area (Å²) < 4.78 is 11.3. The van der Waals surface area contributed by atoms with Gasteiger partial charge in [-0.05, 0) is 38.5 Å². The zero-order chi connectivity index (χ0) is 16.2. The summed E-state index contributed by atoms with van der Waals surface area (Å²) in [5.74, 6) is 0.149. The standard InChI is InChI=1S/C18H32N2O3/c1-19(18(21)13-23-14-6-3-4-7-14)16-8-5-9-17(16)20-11-10-15(12-20)22-2/h14-17H,3-13H2,1-2H3/t15?,16-,17+/m1/s1. The Morgan fingerprint density at radius 2 is 1.87 bits per heavy atom. The molecular formula is C18H32N2O3. The van der Waals surface area contributed by atoms with E-state index in [0.29, 0.717) is 24.3 Å². The number of likely N-dealkylation sites (N-methyl/N-ethyl adjacent to an activating group) is 1. The highest BCUT2D eigenvalue weighted by Crippen LogP contribution is 2.31. The third-order valence-electron chi connectivity index (χ3n) is 6.06. The van der Waals surface area contributed by atoms with Crippen molar-refractivity contribution in [1.82, 2.24) is 9.80 Å². The number of ether oxygens (including phenoxy) is 2.